The van der Waals surface area contributed by atoms with Gasteiger partial charge in [-0.15, -0.1) is 0 Å². The summed E-state index contributed by atoms with van der Waals surface area (Å²) in [5.41, 5.74) is 4.39. The van der Waals surface area contributed by atoms with E-state index in [-0.39, 0.29) is 0 Å². The number of hydrogen-bond donors (Lipinski definition) is 1. The van der Waals surface area contributed by atoms with Gasteiger partial charge < -0.3 is 10.1 Å². The maximum atomic E-state index is 5.77. The highest BCUT2D eigenvalue weighted by atomic mass is 16.5. The molecule has 1 aliphatic rings. The molecule has 106 valence electrons. The van der Waals surface area contributed by atoms with Crippen molar-refractivity contribution in [3.63, 3.8) is 0 Å². The van der Waals surface area contributed by atoms with Crippen molar-refractivity contribution in [1.82, 2.24) is 5.32 Å². The molecule has 19 heavy (non-hydrogen) atoms. The number of benzene rings is 1. The molecule has 2 heteroatoms. The zero-order chi connectivity index (χ0) is 13.7. The van der Waals surface area contributed by atoms with Crippen LogP contribution in [0.2, 0.25) is 0 Å². The molecule has 1 N–H and O–H groups in total. The molecule has 1 aromatic carbocycles. The molecule has 2 rings (SSSR count). The average Bonchev–Trinajstić information content (AvgIpc) is 2.97. The first-order valence-corrected chi connectivity index (χ1v) is 7.69. The van der Waals surface area contributed by atoms with E-state index >= 15 is 0 Å². The lowest BCUT2D eigenvalue weighted by Crippen LogP contribution is -2.22. The number of aryl methyl sites for hydroxylation is 2. The Labute approximate surface area is 117 Å². The molecule has 0 bridgehead atoms. The first kappa shape index (κ1) is 14.5. The molecule has 1 aromatic rings. The highest BCUT2D eigenvalue weighted by Crippen LogP contribution is 2.26. The monoisotopic (exact) mass is 261 g/mol. The van der Waals surface area contributed by atoms with E-state index in [1.165, 1.54) is 29.5 Å². The second kappa shape index (κ2) is 7.06. The molecule has 0 saturated carbocycles. The van der Waals surface area contributed by atoms with Gasteiger partial charge in [-0.3, -0.25) is 0 Å². The lowest BCUT2D eigenvalue weighted by Gasteiger charge is -2.21. The summed E-state index contributed by atoms with van der Waals surface area (Å²) in [6.45, 7) is 5.42. The normalized spacial score (nSPS) is 20.7. The number of ether oxygens (including phenoxy) is 1. The van der Waals surface area contributed by atoms with Crippen molar-refractivity contribution in [3.8, 4) is 0 Å². The third-order valence-corrected chi connectivity index (χ3v) is 4.27. The van der Waals surface area contributed by atoms with Crippen LogP contribution in [0.1, 0.15) is 55.8 Å². The molecule has 0 aliphatic carbocycles. The van der Waals surface area contributed by atoms with Gasteiger partial charge in [0.05, 0.1) is 6.10 Å². The molecular weight excluding hydrogens is 234 g/mol. The Morgan fingerprint density at radius 1 is 1.26 bits per heavy atom. The smallest absolute Gasteiger partial charge is 0.0594 e. The van der Waals surface area contributed by atoms with Gasteiger partial charge in [0.1, 0.15) is 0 Å². The number of rotatable bonds is 6. The van der Waals surface area contributed by atoms with Crippen LogP contribution in [0.15, 0.2) is 18.2 Å². The molecule has 1 saturated heterocycles. The summed E-state index contributed by atoms with van der Waals surface area (Å²) in [5.74, 6) is 0. The van der Waals surface area contributed by atoms with Gasteiger partial charge in [0.25, 0.3) is 0 Å². The minimum atomic E-state index is 0.416. The topological polar surface area (TPSA) is 21.3 Å². The summed E-state index contributed by atoms with van der Waals surface area (Å²) >= 11 is 0. The average molecular weight is 261 g/mol. The first-order chi connectivity index (χ1) is 9.28. The van der Waals surface area contributed by atoms with Gasteiger partial charge in [-0.05, 0) is 55.8 Å². The molecule has 2 unspecified atom stereocenters. The van der Waals surface area contributed by atoms with Crippen LogP contribution >= 0.6 is 0 Å². The summed E-state index contributed by atoms with van der Waals surface area (Å²) in [6.07, 6.45) is 6.20. The minimum absolute atomic E-state index is 0.416. The van der Waals surface area contributed by atoms with Crippen LogP contribution in [0.4, 0.5) is 0 Å². The maximum Gasteiger partial charge on any atom is 0.0594 e. The Morgan fingerprint density at radius 3 is 2.63 bits per heavy atom. The minimum Gasteiger partial charge on any atom is -0.378 e. The summed E-state index contributed by atoms with van der Waals surface area (Å²) in [4.78, 5) is 0. The molecule has 0 amide bonds. The number of hydrogen-bond acceptors (Lipinski definition) is 2. The van der Waals surface area contributed by atoms with Crippen LogP contribution in [-0.2, 0) is 17.6 Å². The molecular formula is C17H27NO. The van der Waals surface area contributed by atoms with E-state index in [2.05, 4.69) is 44.4 Å². The molecule has 2 nitrogen and oxygen atoms in total. The van der Waals surface area contributed by atoms with Crippen molar-refractivity contribution in [1.29, 1.82) is 0 Å². The molecule has 0 radical (unpaired) electrons. The number of nitrogens with one attached hydrogen (secondary N) is 1. The van der Waals surface area contributed by atoms with E-state index < -0.39 is 0 Å². The second-order valence-corrected chi connectivity index (χ2v) is 5.45. The zero-order valence-corrected chi connectivity index (χ0v) is 12.5. The molecule has 1 fully saturated rings. The van der Waals surface area contributed by atoms with Gasteiger partial charge in [-0.1, -0.05) is 32.0 Å². The van der Waals surface area contributed by atoms with Gasteiger partial charge in [0.2, 0.25) is 0 Å². The molecule has 0 spiro atoms. The van der Waals surface area contributed by atoms with Crippen LogP contribution in [0.3, 0.4) is 0 Å². The Hall–Kier alpha value is -0.860. The highest BCUT2D eigenvalue weighted by Gasteiger charge is 2.21. The van der Waals surface area contributed by atoms with Crippen molar-refractivity contribution in [2.45, 2.75) is 58.1 Å². The predicted molar refractivity (Wildman–Crippen MR) is 80.6 cm³/mol. The van der Waals surface area contributed by atoms with Crippen LogP contribution in [0, 0.1) is 0 Å². The summed E-state index contributed by atoms with van der Waals surface area (Å²) < 4.78 is 5.77. The molecule has 0 aromatic heterocycles. The van der Waals surface area contributed by atoms with Crippen molar-refractivity contribution in [2.24, 2.45) is 0 Å². The lowest BCUT2D eigenvalue weighted by molar-refractivity contribution is 0.0954. The van der Waals surface area contributed by atoms with E-state index in [1.54, 1.807) is 0 Å². The van der Waals surface area contributed by atoms with Gasteiger partial charge >= 0.3 is 0 Å². The lowest BCUT2D eigenvalue weighted by atomic mass is 9.94. The maximum absolute atomic E-state index is 5.77. The Balaban J connectivity index is 2.12. The van der Waals surface area contributed by atoms with Crippen molar-refractivity contribution in [3.05, 3.63) is 34.9 Å². The largest absolute Gasteiger partial charge is 0.378 e. The first-order valence-electron chi connectivity index (χ1n) is 7.69. The Kier molecular flexibility index (Phi) is 5.41. The fourth-order valence-electron chi connectivity index (χ4n) is 3.05. The van der Waals surface area contributed by atoms with Crippen LogP contribution < -0.4 is 5.32 Å². The van der Waals surface area contributed by atoms with Crippen LogP contribution in [0.25, 0.3) is 0 Å². The third kappa shape index (κ3) is 3.58. The zero-order valence-electron chi connectivity index (χ0n) is 12.5. The molecule has 1 aliphatic heterocycles. The van der Waals surface area contributed by atoms with Crippen LogP contribution in [0.5, 0.6) is 0 Å². The summed E-state index contributed by atoms with van der Waals surface area (Å²) in [7, 11) is 2.05. The van der Waals surface area contributed by atoms with Gasteiger partial charge in [-0.2, -0.15) is 0 Å². The van der Waals surface area contributed by atoms with Gasteiger partial charge in [0.15, 0.2) is 0 Å². The fraction of sp³-hybridized carbons (Fsp3) is 0.647. The van der Waals surface area contributed by atoms with E-state index in [1.807, 2.05) is 0 Å². The third-order valence-electron chi connectivity index (χ3n) is 4.27. The Morgan fingerprint density at radius 2 is 2.05 bits per heavy atom. The highest BCUT2D eigenvalue weighted by molar-refractivity contribution is 5.33. The fourth-order valence-corrected chi connectivity index (χ4v) is 3.05. The second-order valence-electron chi connectivity index (χ2n) is 5.45. The van der Waals surface area contributed by atoms with Gasteiger partial charge in [0, 0.05) is 12.6 Å². The van der Waals surface area contributed by atoms with Crippen LogP contribution in [-0.4, -0.2) is 19.8 Å². The van der Waals surface area contributed by atoms with Crippen molar-refractivity contribution in [2.75, 3.05) is 13.7 Å². The Bertz CT molecular complexity index is 396. The summed E-state index contributed by atoms with van der Waals surface area (Å²) in [6, 6.07) is 7.39. The predicted octanol–water partition coefficient (Wildman–Crippen LogP) is 3.64. The van der Waals surface area contributed by atoms with Crippen molar-refractivity contribution < 1.29 is 4.74 Å². The van der Waals surface area contributed by atoms with E-state index in [9.17, 15) is 0 Å². The molecule has 2 atom stereocenters. The van der Waals surface area contributed by atoms with E-state index in [0.29, 0.717) is 12.1 Å². The SMILES string of the molecule is CCc1ccc(C(CC2CCCO2)NC)cc1CC. The van der Waals surface area contributed by atoms with Gasteiger partial charge in [-0.25, -0.2) is 0 Å². The summed E-state index contributed by atoms with van der Waals surface area (Å²) in [5, 5.41) is 3.45. The standard InChI is InChI=1S/C17H27NO/c1-4-13-8-9-15(11-14(13)5-2)17(18-3)12-16-7-6-10-19-16/h8-9,11,16-18H,4-7,10,12H2,1-3H3. The van der Waals surface area contributed by atoms with E-state index in [4.69, 9.17) is 4.74 Å². The molecule has 1 heterocycles. The van der Waals surface area contributed by atoms with Crippen molar-refractivity contribution >= 4 is 0 Å². The van der Waals surface area contributed by atoms with E-state index in [0.717, 1.165) is 25.9 Å². The quantitative estimate of drug-likeness (QED) is 0.844.